The smallest absolute Gasteiger partial charge is 0.407 e. The molecule has 6 heteroatoms. The van der Waals surface area contributed by atoms with Crippen molar-refractivity contribution >= 4 is 6.09 Å². The van der Waals surface area contributed by atoms with Gasteiger partial charge in [-0.3, -0.25) is 4.90 Å². The van der Waals surface area contributed by atoms with Gasteiger partial charge in [-0.15, -0.1) is 0 Å². The fraction of sp³-hybridized carbons (Fsp3) is 0.567. The summed E-state index contributed by atoms with van der Waals surface area (Å²) in [6, 6.07) is 7.27. The van der Waals surface area contributed by atoms with Gasteiger partial charge in [0.2, 0.25) is 0 Å². The third-order valence-corrected chi connectivity index (χ3v) is 8.21. The fourth-order valence-corrected chi connectivity index (χ4v) is 6.42. The van der Waals surface area contributed by atoms with E-state index in [-0.39, 0.29) is 29.5 Å². The van der Waals surface area contributed by atoms with Crippen molar-refractivity contribution in [1.29, 1.82) is 0 Å². The quantitative estimate of drug-likeness (QED) is 0.527. The van der Waals surface area contributed by atoms with Crippen molar-refractivity contribution in [3.05, 3.63) is 52.3 Å². The molecule has 2 aromatic carbocycles. The minimum absolute atomic E-state index is 0.0512. The molecule has 6 rings (SSSR count). The molecular weight excluding hydrogens is 455 g/mol. The first-order chi connectivity index (χ1) is 17.0. The number of carbonyl (C=O) groups excluding carboxylic acids is 1. The highest BCUT2D eigenvalue weighted by molar-refractivity contribution is 5.72. The van der Waals surface area contributed by atoms with Crippen LogP contribution in [0.5, 0.6) is 5.75 Å². The van der Waals surface area contributed by atoms with Crippen LogP contribution in [-0.2, 0) is 11.2 Å². The number of aryl methyl sites for hydroxylation is 2. The van der Waals surface area contributed by atoms with E-state index < -0.39 is 6.09 Å². The Bertz CT molecular complexity index is 1140. The highest BCUT2D eigenvalue weighted by Crippen LogP contribution is 2.47. The molecule has 0 unspecified atom stereocenters. The lowest BCUT2D eigenvalue weighted by molar-refractivity contribution is -0.0349. The van der Waals surface area contributed by atoms with Gasteiger partial charge in [0.25, 0.3) is 0 Å². The molecule has 4 aliphatic rings. The van der Waals surface area contributed by atoms with Crippen molar-refractivity contribution in [1.82, 2.24) is 10.2 Å². The number of nitrogens with one attached hydrogen (secondary N) is 1. The van der Waals surface area contributed by atoms with Crippen LogP contribution >= 0.6 is 0 Å². The zero-order valence-corrected chi connectivity index (χ0v) is 22.4. The molecule has 1 N–H and O–H groups in total. The lowest BCUT2D eigenvalue weighted by Gasteiger charge is -2.44. The molecule has 3 aliphatic heterocycles. The molecule has 194 valence electrons. The van der Waals surface area contributed by atoms with Crippen molar-refractivity contribution in [2.75, 3.05) is 19.6 Å². The number of hydrogen-bond acceptors (Lipinski definition) is 4. The number of benzene rings is 2. The Labute approximate surface area is 214 Å². The number of halogens is 1. The molecule has 0 saturated carbocycles. The fourth-order valence-electron chi connectivity index (χ4n) is 6.42. The van der Waals surface area contributed by atoms with Crippen LogP contribution in [0.2, 0.25) is 0 Å². The normalized spacial score (nSPS) is 26.1. The predicted molar refractivity (Wildman–Crippen MR) is 140 cm³/mol. The number of ether oxygens (including phenoxy) is 2. The van der Waals surface area contributed by atoms with Gasteiger partial charge in [-0.25, -0.2) is 9.18 Å². The van der Waals surface area contributed by atoms with Gasteiger partial charge in [0.15, 0.2) is 0 Å². The molecule has 3 fully saturated rings. The van der Waals surface area contributed by atoms with Crippen LogP contribution in [0.3, 0.4) is 0 Å². The van der Waals surface area contributed by atoms with E-state index >= 15 is 4.39 Å². The minimum Gasteiger partial charge on any atom is -0.490 e. The summed E-state index contributed by atoms with van der Waals surface area (Å²) in [7, 11) is 0. The Morgan fingerprint density at radius 1 is 1.11 bits per heavy atom. The monoisotopic (exact) mass is 494 g/mol. The predicted octanol–water partition coefficient (Wildman–Crippen LogP) is 6.34. The molecule has 36 heavy (non-hydrogen) atoms. The maximum Gasteiger partial charge on any atom is 0.407 e. The van der Waals surface area contributed by atoms with E-state index in [1.54, 1.807) is 6.07 Å². The van der Waals surface area contributed by atoms with Gasteiger partial charge in [-0.05, 0) is 123 Å². The van der Waals surface area contributed by atoms with Crippen LogP contribution in [0, 0.1) is 31.0 Å². The SMILES string of the molecule is Cc1cc(-c2cc3c(cc2F)[C@H](NC(=O)O[C@H]2CN4CCC2CC4)C(C)(C)C3)cc(C)c1OC(C)C. The average Bonchev–Trinajstić information content (AvgIpc) is 3.05. The first kappa shape index (κ1) is 25.1. The maximum atomic E-state index is 15.6. The van der Waals surface area contributed by atoms with Crippen LogP contribution < -0.4 is 10.1 Å². The molecule has 2 atom stereocenters. The molecule has 5 nitrogen and oxygen atoms in total. The summed E-state index contributed by atoms with van der Waals surface area (Å²) in [6.07, 6.45) is 2.57. The topological polar surface area (TPSA) is 50.8 Å². The largest absolute Gasteiger partial charge is 0.490 e. The zero-order chi connectivity index (χ0) is 25.8. The molecule has 2 bridgehead atoms. The van der Waals surface area contributed by atoms with E-state index in [9.17, 15) is 4.79 Å². The Morgan fingerprint density at radius 2 is 1.78 bits per heavy atom. The number of fused-ring (bicyclic) bond motifs is 4. The summed E-state index contributed by atoms with van der Waals surface area (Å²) in [6.45, 7) is 15.3. The number of nitrogens with zero attached hydrogens (tertiary/aromatic N) is 1. The van der Waals surface area contributed by atoms with Crippen LogP contribution in [0.15, 0.2) is 24.3 Å². The van der Waals surface area contributed by atoms with Gasteiger partial charge < -0.3 is 14.8 Å². The summed E-state index contributed by atoms with van der Waals surface area (Å²) < 4.78 is 27.4. The number of rotatable bonds is 5. The Balaban J connectivity index is 1.38. The van der Waals surface area contributed by atoms with Gasteiger partial charge >= 0.3 is 6.09 Å². The van der Waals surface area contributed by atoms with Gasteiger partial charge in [-0.1, -0.05) is 13.8 Å². The summed E-state index contributed by atoms with van der Waals surface area (Å²) in [5.74, 6) is 1.04. The summed E-state index contributed by atoms with van der Waals surface area (Å²) in [5.41, 5.74) is 5.09. The van der Waals surface area contributed by atoms with E-state index in [0.29, 0.717) is 11.5 Å². The second-order valence-electron chi connectivity index (χ2n) is 12.0. The molecule has 0 radical (unpaired) electrons. The zero-order valence-electron chi connectivity index (χ0n) is 22.4. The molecule has 0 aromatic heterocycles. The molecular formula is C30H39FN2O3. The highest BCUT2D eigenvalue weighted by atomic mass is 19.1. The van der Waals surface area contributed by atoms with Crippen LogP contribution in [0.25, 0.3) is 11.1 Å². The molecule has 3 heterocycles. The van der Waals surface area contributed by atoms with Gasteiger partial charge in [0.1, 0.15) is 17.7 Å². The van der Waals surface area contributed by atoms with Crippen LogP contribution in [-0.4, -0.2) is 42.8 Å². The van der Waals surface area contributed by atoms with E-state index in [1.165, 1.54) is 0 Å². The van der Waals surface area contributed by atoms with Crippen molar-refractivity contribution in [3.8, 4) is 16.9 Å². The van der Waals surface area contributed by atoms with Crippen molar-refractivity contribution in [2.45, 2.75) is 79.1 Å². The number of carbonyl (C=O) groups is 1. The molecule has 1 aliphatic carbocycles. The molecule has 3 saturated heterocycles. The third-order valence-electron chi connectivity index (χ3n) is 8.21. The van der Waals surface area contributed by atoms with Crippen molar-refractivity contribution in [3.63, 3.8) is 0 Å². The number of amides is 1. The second kappa shape index (κ2) is 9.37. The highest BCUT2D eigenvalue weighted by Gasteiger charge is 2.42. The summed E-state index contributed by atoms with van der Waals surface area (Å²) in [5, 5.41) is 3.10. The lowest BCUT2D eigenvalue weighted by Crippen LogP contribution is -2.53. The van der Waals surface area contributed by atoms with Gasteiger partial charge in [0.05, 0.1) is 12.1 Å². The van der Waals surface area contributed by atoms with Gasteiger partial charge in [0, 0.05) is 12.1 Å². The van der Waals surface area contributed by atoms with E-state index in [1.807, 2.05) is 45.9 Å². The average molecular weight is 495 g/mol. The summed E-state index contributed by atoms with van der Waals surface area (Å²) >= 11 is 0. The maximum absolute atomic E-state index is 15.6. The van der Waals surface area contributed by atoms with E-state index in [2.05, 4.69) is 24.1 Å². The second-order valence-corrected chi connectivity index (χ2v) is 12.0. The number of piperidine rings is 3. The number of hydrogen-bond donors (Lipinski definition) is 1. The van der Waals surface area contributed by atoms with Crippen LogP contribution in [0.1, 0.15) is 68.8 Å². The van der Waals surface area contributed by atoms with E-state index in [0.717, 1.165) is 72.5 Å². The molecule has 0 spiro atoms. The standard InChI is InChI=1S/C30H39FN2O3/c1-17(2)35-27-18(3)11-21(12-19(27)4)23-13-22-15-30(5,6)28(24(22)14-25(23)31)32-29(34)36-26-16-33-9-7-20(26)8-10-33/h11-14,17,20,26,28H,7-10,15-16H2,1-6H3,(H,32,34)/t26-,28-/m0/s1. The molecule has 2 aromatic rings. The Kier molecular flexibility index (Phi) is 6.52. The number of alkyl carbamates (subject to hydrolysis) is 1. The van der Waals surface area contributed by atoms with Crippen molar-refractivity contribution < 1.29 is 18.7 Å². The first-order valence-electron chi connectivity index (χ1n) is 13.3. The Morgan fingerprint density at radius 3 is 2.36 bits per heavy atom. The third kappa shape index (κ3) is 4.72. The summed E-state index contributed by atoms with van der Waals surface area (Å²) in [4.78, 5) is 15.3. The first-order valence-corrected chi connectivity index (χ1v) is 13.3. The van der Waals surface area contributed by atoms with Crippen molar-refractivity contribution in [2.24, 2.45) is 11.3 Å². The lowest BCUT2D eigenvalue weighted by atomic mass is 9.85. The van der Waals surface area contributed by atoms with Gasteiger partial charge in [-0.2, -0.15) is 0 Å². The molecule has 1 amide bonds. The minimum atomic E-state index is -0.392. The van der Waals surface area contributed by atoms with Crippen LogP contribution in [0.4, 0.5) is 9.18 Å². The van der Waals surface area contributed by atoms with E-state index in [4.69, 9.17) is 9.47 Å². The Hall–Kier alpha value is -2.60.